The molecule has 0 saturated carbocycles. The number of hydrogen-bond donors (Lipinski definition) is 1. The Labute approximate surface area is 117 Å². The van der Waals surface area contributed by atoms with Crippen LogP contribution in [0.2, 0.25) is 0 Å². The van der Waals surface area contributed by atoms with Gasteiger partial charge in [0.1, 0.15) is 0 Å². The van der Waals surface area contributed by atoms with Gasteiger partial charge in [-0.3, -0.25) is 4.98 Å². The lowest BCUT2D eigenvalue weighted by atomic mass is 9.82. The summed E-state index contributed by atoms with van der Waals surface area (Å²) in [6.45, 7) is 4.91. The first-order valence-electron chi connectivity index (χ1n) is 6.42. The third kappa shape index (κ3) is 3.53. The van der Waals surface area contributed by atoms with Gasteiger partial charge in [-0.05, 0) is 39.9 Å². The van der Waals surface area contributed by atoms with Crippen molar-refractivity contribution in [2.24, 2.45) is 5.92 Å². The van der Waals surface area contributed by atoms with Crippen molar-refractivity contribution in [2.45, 2.75) is 44.8 Å². The number of halogens is 1. The summed E-state index contributed by atoms with van der Waals surface area (Å²) < 4.78 is 6.67. The van der Waals surface area contributed by atoms with Gasteiger partial charge in [0, 0.05) is 36.3 Å². The van der Waals surface area contributed by atoms with E-state index in [0.717, 1.165) is 10.0 Å². The summed E-state index contributed by atoms with van der Waals surface area (Å²) in [7, 11) is 0. The van der Waals surface area contributed by atoms with Crippen molar-refractivity contribution in [3.05, 3.63) is 28.5 Å². The molecule has 1 fully saturated rings. The maximum atomic E-state index is 10.7. The Morgan fingerprint density at radius 2 is 2.33 bits per heavy atom. The molecule has 0 aliphatic carbocycles. The van der Waals surface area contributed by atoms with Crippen LogP contribution in [0.15, 0.2) is 22.9 Å². The van der Waals surface area contributed by atoms with Crippen LogP contribution in [0.25, 0.3) is 0 Å². The van der Waals surface area contributed by atoms with E-state index in [1.165, 1.54) is 0 Å². The molecule has 18 heavy (non-hydrogen) atoms. The maximum absolute atomic E-state index is 10.7. The minimum absolute atomic E-state index is 0.156. The molecule has 2 unspecified atom stereocenters. The highest BCUT2D eigenvalue weighted by atomic mass is 79.9. The molecule has 1 aromatic rings. The molecule has 2 atom stereocenters. The second-order valence-electron chi connectivity index (χ2n) is 5.52. The number of rotatable bonds is 3. The Bertz CT molecular complexity index is 411. The minimum atomic E-state index is -0.657. The van der Waals surface area contributed by atoms with Gasteiger partial charge in [-0.15, -0.1) is 0 Å². The van der Waals surface area contributed by atoms with Gasteiger partial charge in [-0.2, -0.15) is 0 Å². The fourth-order valence-corrected chi connectivity index (χ4v) is 2.87. The normalized spacial score (nSPS) is 28.6. The zero-order valence-corrected chi connectivity index (χ0v) is 12.5. The van der Waals surface area contributed by atoms with Crippen LogP contribution in [0.1, 0.15) is 32.3 Å². The summed E-state index contributed by atoms with van der Waals surface area (Å²) in [5, 5.41) is 10.7. The monoisotopic (exact) mass is 313 g/mol. The summed E-state index contributed by atoms with van der Waals surface area (Å²) in [4.78, 5) is 4.15. The molecule has 100 valence electrons. The largest absolute Gasteiger partial charge is 0.389 e. The predicted octanol–water partition coefficient (Wildman–Crippen LogP) is 2.95. The number of aliphatic hydroxyl groups is 1. The zero-order valence-electron chi connectivity index (χ0n) is 10.9. The summed E-state index contributed by atoms with van der Waals surface area (Å²) in [5.41, 5.74) is 0.409. The molecule has 1 aromatic heterocycles. The highest BCUT2D eigenvalue weighted by molar-refractivity contribution is 9.10. The average Bonchev–Trinajstić information content (AvgIpc) is 2.28. The van der Waals surface area contributed by atoms with Gasteiger partial charge in [0.15, 0.2) is 0 Å². The van der Waals surface area contributed by atoms with Crippen molar-refractivity contribution in [2.75, 3.05) is 6.61 Å². The standard InChI is InChI=1S/C14H20BrNO2/c1-10(2)13-7-14(17,3-4-18-13)6-11-5-12(15)9-16-8-11/h5,8-10,13,17H,3-4,6-7H2,1-2H3. The number of aromatic nitrogens is 1. The van der Waals surface area contributed by atoms with E-state index in [9.17, 15) is 5.11 Å². The Morgan fingerprint density at radius 3 is 3.00 bits per heavy atom. The smallest absolute Gasteiger partial charge is 0.0735 e. The minimum Gasteiger partial charge on any atom is -0.389 e. The van der Waals surface area contributed by atoms with Gasteiger partial charge in [-0.25, -0.2) is 0 Å². The predicted molar refractivity (Wildman–Crippen MR) is 74.4 cm³/mol. The number of ether oxygens (including phenoxy) is 1. The van der Waals surface area contributed by atoms with Crippen LogP contribution in [0.5, 0.6) is 0 Å². The molecule has 0 amide bonds. The molecular weight excluding hydrogens is 294 g/mol. The number of hydrogen-bond acceptors (Lipinski definition) is 3. The van der Waals surface area contributed by atoms with Gasteiger partial charge < -0.3 is 9.84 Å². The van der Waals surface area contributed by atoms with Crippen LogP contribution in [0, 0.1) is 5.92 Å². The van der Waals surface area contributed by atoms with Crippen molar-refractivity contribution >= 4 is 15.9 Å². The van der Waals surface area contributed by atoms with E-state index in [2.05, 4.69) is 34.8 Å². The van der Waals surface area contributed by atoms with Crippen LogP contribution >= 0.6 is 15.9 Å². The number of pyridine rings is 1. The van der Waals surface area contributed by atoms with Gasteiger partial charge in [0.25, 0.3) is 0 Å². The van der Waals surface area contributed by atoms with Crippen LogP contribution in [-0.2, 0) is 11.2 Å². The molecule has 1 N–H and O–H groups in total. The molecule has 0 spiro atoms. The first-order valence-corrected chi connectivity index (χ1v) is 7.21. The van der Waals surface area contributed by atoms with Crippen LogP contribution in [0.3, 0.4) is 0 Å². The van der Waals surface area contributed by atoms with Crippen molar-refractivity contribution < 1.29 is 9.84 Å². The van der Waals surface area contributed by atoms with E-state index in [4.69, 9.17) is 4.74 Å². The molecule has 2 rings (SSSR count). The summed E-state index contributed by atoms with van der Waals surface area (Å²) in [5.74, 6) is 0.442. The second kappa shape index (κ2) is 5.68. The van der Waals surface area contributed by atoms with E-state index in [-0.39, 0.29) is 6.10 Å². The molecule has 1 aliphatic heterocycles. The third-order valence-electron chi connectivity index (χ3n) is 3.52. The lowest BCUT2D eigenvalue weighted by Gasteiger charge is -2.38. The van der Waals surface area contributed by atoms with Crippen molar-refractivity contribution in [1.29, 1.82) is 0 Å². The summed E-state index contributed by atoms with van der Waals surface area (Å²) in [6.07, 6.45) is 5.78. The lowest BCUT2D eigenvalue weighted by Crippen LogP contribution is -2.44. The Balaban J connectivity index is 2.07. The molecular formula is C14H20BrNO2. The molecule has 4 heteroatoms. The Morgan fingerprint density at radius 1 is 1.56 bits per heavy atom. The highest BCUT2D eigenvalue weighted by Crippen LogP contribution is 2.31. The highest BCUT2D eigenvalue weighted by Gasteiger charge is 2.36. The Hall–Kier alpha value is -0.450. The van der Waals surface area contributed by atoms with Crippen LogP contribution < -0.4 is 0 Å². The molecule has 0 bridgehead atoms. The second-order valence-corrected chi connectivity index (χ2v) is 6.44. The van der Waals surface area contributed by atoms with E-state index in [1.54, 1.807) is 6.20 Å². The van der Waals surface area contributed by atoms with Crippen molar-refractivity contribution in [1.82, 2.24) is 4.98 Å². The molecule has 1 saturated heterocycles. The topological polar surface area (TPSA) is 42.4 Å². The first kappa shape index (κ1) is 14.0. The molecule has 1 aliphatic rings. The average molecular weight is 314 g/mol. The van der Waals surface area contributed by atoms with E-state index >= 15 is 0 Å². The lowest BCUT2D eigenvalue weighted by molar-refractivity contribution is -0.116. The SMILES string of the molecule is CC(C)C1CC(O)(Cc2cncc(Br)c2)CCO1. The van der Waals surface area contributed by atoms with Crippen molar-refractivity contribution in [3.8, 4) is 0 Å². The fourth-order valence-electron chi connectivity index (χ4n) is 2.46. The first-order chi connectivity index (χ1) is 8.48. The molecule has 0 radical (unpaired) electrons. The molecule has 2 heterocycles. The quantitative estimate of drug-likeness (QED) is 0.933. The van der Waals surface area contributed by atoms with Gasteiger partial charge in [0.2, 0.25) is 0 Å². The van der Waals surface area contributed by atoms with Gasteiger partial charge >= 0.3 is 0 Å². The van der Waals surface area contributed by atoms with E-state index in [0.29, 0.717) is 31.8 Å². The summed E-state index contributed by atoms with van der Waals surface area (Å²) >= 11 is 3.41. The maximum Gasteiger partial charge on any atom is 0.0735 e. The van der Waals surface area contributed by atoms with Crippen LogP contribution in [0.4, 0.5) is 0 Å². The van der Waals surface area contributed by atoms with Crippen molar-refractivity contribution in [3.63, 3.8) is 0 Å². The van der Waals surface area contributed by atoms with Crippen LogP contribution in [-0.4, -0.2) is 28.4 Å². The van der Waals surface area contributed by atoms with Gasteiger partial charge in [0.05, 0.1) is 11.7 Å². The Kier molecular flexibility index (Phi) is 4.41. The molecule has 3 nitrogen and oxygen atoms in total. The van der Waals surface area contributed by atoms with E-state index < -0.39 is 5.60 Å². The van der Waals surface area contributed by atoms with E-state index in [1.807, 2.05) is 12.3 Å². The fraction of sp³-hybridized carbons (Fsp3) is 0.643. The summed E-state index contributed by atoms with van der Waals surface area (Å²) in [6, 6.07) is 2.02. The van der Waals surface area contributed by atoms with Gasteiger partial charge in [-0.1, -0.05) is 13.8 Å². The molecule has 0 aromatic carbocycles. The zero-order chi connectivity index (χ0) is 13.2. The number of nitrogens with zero attached hydrogens (tertiary/aromatic N) is 1. The third-order valence-corrected chi connectivity index (χ3v) is 3.95.